The molecule has 0 saturated carbocycles. The highest BCUT2D eigenvalue weighted by Crippen LogP contribution is 2.26. The summed E-state index contributed by atoms with van der Waals surface area (Å²) in [6, 6.07) is 23.2. The van der Waals surface area contributed by atoms with E-state index >= 15 is 0 Å². The van der Waals surface area contributed by atoms with Gasteiger partial charge in [-0.25, -0.2) is 0 Å². The van der Waals surface area contributed by atoms with Crippen LogP contribution >= 0.6 is 11.8 Å². The summed E-state index contributed by atoms with van der Waals surface area (Å²) >= 11 is 1.33. The van der Waals surface area contributed by atoms with Crippen LogP contribution in [0.2, 0.25) is 0 Å². The molecule has 3 aromatic heterocycles. The van der Waals surface area contributed by atoms with Crippen LogP contribution in [0.3, 0.4) is 0 Å². The molecule has 0 aliphatic heterocycles. The molecule has 32 heavy (non-hydrogen) atoms. The van der Waals surface area contributed by atoms with E-state index in [2.05, 4.69) is 20.5 Å². The van der Waals surface area contributed by atoms with E-state index in [1.807, 2.05) is 77.4 Å². The molecule has 0 unspecified atom stereocenters. The topological polar surface area (TPSA) is 85.8 Å². The smallest absolute Gasteiger partial charge is 0.234 e. The van der Waals surface area contributed by atoms with Crippen LogP contribution in [-0.4, -0.2) is 31.4 Å². The number of carbonyl (C=O) groups is 1. The van der Waals surface area contributed by atoms with Crippen molar-refractivity contribution in [2.75, 3.05) is 11.1 Å². The molecule has 5 rings (SSSR count). The molecule has 0 atom stereocenters. The second kappa shape index (κ2) is 9.07. The van der Waals surface area contributed by atoms with Gasteiger partial charge >= 0.3 is 0 Å². The third-order valence-electron chi connectivity index (χ3n) is 4.90. The highest BCUT2D eigenvalue weighted by Gasteiger charge is 2.18. The highest BCUT2D eigenvalue weighted by molar-refractivity contribution is 7.99. The molecule has 1 amide bonds. The number of amides is 1. The molecule has 8 heteroatoms. The number of furan rings is 1. The van der Waals surface area contributed by atoms with E-state index in [4.69, 9.17) is 4.42 Å². The summed E-state index contributed by atoms with van der Waals surface area (Å²) in [4.78, 5) is 17.1. The molecule has 0 spiro atoms. The zero-order valence-corrected chi connectivity index (χ0v) is 17.8. The minimum absolute atomic E-state index is 0.113. The van der Waals surface area contributed by atoms with Crippen LogP contribution in [0.15, 0.2) is 94.8 Å². The molecule has 2 aromatic carbocycles. The van der Waals surface area contributed by atoms with E-state index in [1.165, 1.54) is 11.8 Å². The van der Waals surface area contributed by atoms with E-state index < -0.39 is 0 Å². The van der Waals surface area contributed by atoms with Crippen LogP contribution in [0.25, 0.3) is 22.3 Å². The molecule has 0 aliphatic carbocycles. The third-order valence-corrected chi connectivity index (χ3v) is 5.87. The maximum absolute atomic E-state index is 12.7. The number of hydrogen-bond acceptors (Lipinski definition) is 6. The van der Waals surface area contributed by atoms with Gasteiger partial charge in [-0.05, 0) is 35.7 Å². The van der Waals surface area contributed by atoms with Crippen molar-refractivity contribution in [3.05, 3.63) is 91.0 Å². The van der Waals surface area contributed by atoms with Gasteiger partial charge in [0.25, 0.3) is 0 Å². The average molecular weight is 442 g/mol. The lowest BCUT2D eigenvalue weighted by Crippen LogP contribution is -2.15. The third kappa shape index (κ3) is 4.26. The van der Waals surface area contributed by atoms with Gasteiger partial charge in [-0.2, -0.15) is 0 Å². The molecule has 7 nitrogen and oxygen atoms in total. The Bertz CT molecular complexity index is 1340. The lowest BCUT2D eigenvalue weighted by Gasteiger charge is -2.10. The number of nitrogens with one attached hydrogen (secondary N) is 1. The SMILES string of the molecule is O=C(CSc1nnc(-c2ccccn2)n1Cc1ccco1)Nc1cccc2ccccc12. The van der Waals surface area contributed by atoms with Crippen LogP contribution in [0.1, 0.15) is 5.76 Å². The summed E-state index contributed by atoms with van der Waals surface area (Å²) in [5.41, 5.74) is 1.50. The molecule has 5 aromatic rings. The summed E-state index contributed by atoms with van der Waals surface area (Å²) < 4.78 is 7.43. The van der Waals surface area contributed by atoms with Crippen molar-refractivity contribution in [3.8, 4) is 11.5 Å². The summed E-state index contributed by atoms with van der Waals surface area (Å²) in [7, 11) is 0. The van der Waals surface area contributed by atoms with Gasteiger partial charge in [-0.3, -0.25) is 14.3 Å². The molecule has 0 radical (unpaired) electrons. The number of anilines is 1. The molecule has 0 bridgehead atoms. The lowest BCUT2D eigenvalue weighted by molar-refractivity contribution is -0.113. The van der Waals surface area contributed by atoms with Crippen LogP contribution in [0, 0.1) is 0 Å². The summed E-state index contributed by atoms with van der Waals surface area (Å²) in [5, 5.41) is 14.4. The zero-order chi connectivity index (χ0) is 21.8. The predicted molar refractivity (Wildman–Crippen MR) is 124 cm³/mol. The Morgan fingerprint density at radius 3 is 2.69 bits per heavy atom. The fourth-order valence-electron chi connectivity index (χ4n) is 3.43. The zero-order valence-electron chi connectivity index (χ0n) is 17.0. The molecule has 1 N–H and O–H groups in total. The van der Waals surface area contributed by atoms with Gasteiger partial charge < -0.3 is 9.73 Å². The van der Waals surface area contributed by atoms with Crippen molar-refractivity contribution >= 4 is 34.1 Å². The van der Waals surface area contributed by atoms with Crippen molar-refractivity contribution < 1.29 is 9.21 Å². The van der Waals surface area contributed by atoms with Crippen LogP contribution in [-0.2, 0) is 11.3 Å². The van der Waals surface area contributed by atoms with Gasteiger partial charge in [0, 0.05) is 17.3 Å². The first-order valence-electron chi connectivity index (χ1n) is 10.1. The van der Waals surface area contributed by atoms with Gasteiger partial charge in [0.15, 0.2) is 11.0 Å². The van der Waals surface area contributed by atoms with Gasteiger partial charge in [0.2, 0.25) is 5.91 Å². The van der Waals surface area contributed by atoms with Crippen molar-refractivity contribution in [3.63, 3.8) is 0 Å². The molecule has 0 aliphatic rings. The first-order valence-corrected chi connectivity index (χ1v) is 11.0. The molecule has 158 valence electrons. The lowest BCUT2D eigenvalue weighted by atomic mass is 10.1. The normalized spacial score (nSPS) is 11.0. The van der Waals surface area contributed by atoms with E-state index in [9.17, 15) is 4.79 Å². The van der Waals surface area contributed by atoms with E-state index in [0.717, 1.165) is 22.2 Å². The second-order valence-corrected chi connectivity index (χ2v) is 7.99. The molecular formula is C24H19N5O2S. The Hall–Kier alpha value is -3.91. The number of nitrogens with zero attached hydrogens (tertiary/aromatic N) is 4. The number of rotatable bonds is 7. The predicted octanol–water partition coefficient (Wildman–Crippen LogP) is 4.87. The van der Waals surface area contributed by atoms with Crippen LogP contribution < -0.4 is 5.32 Å². The fraction of sp³-hybridized carbons (Fsp3) is 0.0833. The Balaban J connectivity index is 1.35. The number of fused-ring (bicyclic) bond motifs is 1. The van der Waals surface area contributed by atoms with Gasteiger partial charge in [-0.1, -0.05) is 54.2 Å². The first kappa shape index (κ1) is 20.0. The Morgan fingerprint density at radius 2 is 1.84 bits per heavy atom. The number of carbonyl (C=O) groups excluding carboxylic acids is 1. The average Bonchev–Trinajstić information content (AvgIpc) is 3.49. The van der Waals surface area contributed by atoms with Gasteiger partial charge in [-0.15, -0.1) is 10.2 Å². The molecule has 0 fully saturated rings. The van der Waals surface area contributed by atoms with Crippen molar-refractivity contribution in [2.45, 2.75) is 11.7 Å². The highest BCUT2D eigenvalue weighted by atomic mass is 32.2. The Morgan fingerprint density at radius 1 is 0.969 bits per heavy atom. The number of hydrogen-bond donors (Lipinski definition) is 1. The van der Waals surface area contributed by atoms with E-state index in [0.29, 0.717) is 23.2 Å². The Kier molecular flexibility index (Phi) is 5.67. The largest absolute Gasteiger partial charge is 0.467 e. The minimum Gasteiger partial charge on any atom is -0.467 e. The maximum atomic E-state index is 12.7. The monoisotopic (exact) mass is 441 g/mol. The van der Waals surface area contributed by atoms with Crippen LogP contribution in [0.4, 0.5) is 5.69 Å². The fourth-order valence-corrected chi connectivity index (χ4v) is 4.17. The van der Waals surface area contributed by atoms with E-state index in [1.54, 1.807) is 12.5 Å². The summed E-state index contributed by atoms with van der Waals surface area (Å²) in [6.45, 7) is 0.444. The molecule has 0 saturated heterocycles. The van der Waals surface area contributed by atoms with Crippen molar-refractivity contribution in [1.82, 2.24) is 19.7 Å². The number of pyridine rings is 1. The van der Waals surface area contributed by atoms with Gasteiger partial charge in [0.05, 0.1) is 18.6 Å². The Labute approximate surface area is 188 Å². The first-order chi connectivity index (χ1) is 15.8. The van der Waals surface area contributed by atoms with E-state index in [-0.39, 0.29) is 11.7 Å². The summed E-state index contributed by atoms with van der Waals surface area (Å²) in [6.07, 6.45) is 3.34. The molecule has 3 heterocycles. The standard InChI is InChI=1S/C24H19N5O2S/c30-22(26-20-12-5-8-17-7-1-2-10-19(17)20)16-32-24-28-27-23(21-11-3-4-13-25-21)29(24)15-18-9-6-14-31-18/h1-14H,15-16H2,(H,26,30). The number of benzene rings is 2. The van der Waals surface area contributed by atoms with Gasteiger partial charge in [0.1, 0.15) is 11.5 Å². The van der Waals surface area contributed by atoms with Crippen molar-refractivity contribution in [1.29, 1.82) is 0 Å². The number of thioether (sulfide) groups is 1. The van der Waals surface area contributed by atoms with Crippen LogP contribution in [0.5, 0.6) is 0 Å². The molecular weight excluding hydrogens is 422 g/mol. The second-order valence-electron chi connectivity index (χ2n) is 7.05. The maximum Gasteiger partial charge on any atom is 0.234 e. The quantitative estimate of drug-likeness (QED) is 0.363. The number of aromatic nitrogens is 4. The van der Waals surface area contributed by atoms with Crippen molar-refractivity contribution in [2.24, 2.45) is 0 Å². The minimum atomic E-state index is -0.113. The summed E-state index contributed by atoms with van der Waals surface area (Å²) in [5.74, 6) is 1.48.